The lowest BCUT2D eigenvalue weighted by Gasteiger charge is -2.13. The Balaban J connectivity index is 1.81. The summed E-state index contributed by atoms with van der Waals surface area (Å²) in [6, 6.07) is 11.2. The van der Waals surface area contributed by atoms with Crippen molar-refractivity contribution in [3.8, 4) is 0 Å². The van der Waals surface area contributed by atoms with Gasteiger partial charge in [0, 0.05) is 29.0 Å². The summed E-state index contributed by atoms with van der Waals surface area (Å²) in [4.78, 5) is 12.6. The van der Waals surface area contributed by atoms with E-state index >= 15 is 0 Å². The van der Waals surface area contributed by atoms with E-state index in [1.807, 2.05) is 20.9 Å². The molecule has 7 nitrogen and oxygen atoms in total. The van der Waals surface area contributed by atoms with E-state index in [2.05, 4.69) is 15.1 Å². The maximum absolute atomic E-state index is 12.9. The van der Waals surface area contributed by atoms with Crippen molar-refractivity contribution in [3.63, 3.8) is 0 Å². The lowest BCUT2D eigenvalue weighted by molar-refractivity contribution is -0.115. The first-order valence-electron chi connectivity index (χ1n) is 9.25. The number of rotatable bonds is 6. The van der Waals surface area contributed by atoms with Crippen LogP contribution >= 0.6 is 11.6 Å². The summed E-state index contributed by atoms with van der Waals surface area (Å²) < 4.78 is 30.0. The maximum Gasteiger partial charge on any atom is 0.262 e. The normalized spacial score (nSPS) is 11.4. The van der Waals surface area contributed by atoms with E-state index in [-0.39, 0.29) is 17.2 Å². The van der Waals surface area contributed by atoms with Gasteiger partial charge in [0.1, 0.15) is 0 Å². The lowest BCUT2D eigenvalue weighted by Crippen LogP contribution is -2.17. The van der Waals surface area contributed by atoms with Crippen LogP contribution in [0, 0.1) is 20.8 Å². The number of halogens is 1. The van der Waals surface area contributed by atoms with Gasteiger partial charge in [-0.25, -0.2) is 8.42 Å². The molecule has 0 saturated carbocycles. The number of amides is 1. The standard InChI is InChI=1S/C21H23ClN4O3S/c1-13-8-9-17(23-21(27)12-19-14(2)24-26(4)15(19)3)11-20(13)30(28,29)25-18-7-5-6-16(22)10-18/h5-11,25H,12H2,1-4H3,(H,23,27). The van der Waals surface area contributed by atoms with Gasteiger partial charge in [-0.1, -0.05) is 23.7 Å². The average molecular weight is 447 g/mol. The number of hydrogen-bond donors (Lipinski definition) is 2. The largest absolute Gasteiger partial charge is 0.326 e. The minimum Gasteiger partial charge on any atom is -0.326 e. The summed E-state index contributed by atoms with van der Waals surface area (Å²) in [5, 5.41) is 7.52. The molecule has 1 amide bonds. The number of aryl methyl sites for hydroxylation is 3. The molecule has 30 heavy (non-hydrogen) atoms. The Morgan fingerprint density at radius 1 is 1.10 bits per heavy atom. The Kier molecular flexibility index (Phi) is 6.19. The second kappa shape index (κ2) is 8.49. The van der Waals surface area contributed by atoms with Gasteiger partial charge in [-0.3, -0.25) is 14.2 Å². The summed E-state index contributed by atoms with van der Waals surface area (Å²) in [5.41, 5.74) is 3.89. The van der Waals surface area contributed by atoms with Gasteiger partial charge in [0.2, 0.25) is 5.91 Å². The van der Waals surface area contributed by atoms with Crippen molar-refractivity contribution in [1.29, 1.82) is 0 Å². The van der Waals surface area contributed by atoms with Crippen LogP contribution in [0.3, 0.4) is 0 Å². The van der Waals surface area contributed by atoms with E-state index in [1.165, 1.54) is 12.1 Å². The van der Waals surface area contributed by atoms with Crippen molar-refractivity contribution in [2.45, 2.75) is 32.1 Å². The molecule has 0 fully saturated rings. The maximum atomic E-state index is 12.9. The molecule has 0 aliphatic heterocycles. The second-order valence-electron chi connectivity index (χ2n) is 7.09. The fraction of sp³-hybridized carbons (Fsp3) is 0.238. The zero-order chi connectivity index (χ0) is 22.1. The third kappa shape index (κ3) is 4.83. The highest BCUT2D eigenvalue weighted by Gasteiger charge is 2.19. The number of carbonyl (C=O) groups excluding carboxylic acids is 1. The van der Waals surface area contributed by atoms with Crippen LogP contribution in [0.15, 0.2) is 47.4 Å². The molecule has 0 saturated heterocycles. The van der Waals surface area contributed by atoms with Gasteiger partial charge in [-0.05, 0) is 56.7 Å². The van der Waals surface area contributed by atoms with Gasteiger partial charge in [-0.15, -0.1) is 0 Å². The molecule has 1 aromatic heterocycles. The molecule has 0 atom stereocenters. The fourth-order valence-corrected chi connectivity index (χ4v) is 4.68. The highest BCUT2D eigenvalue weighted by Crippen LogP contribution is 2.24. The van der Waals surface area contributed by atoms with E-state index in [0.29, 0.717) is 22.0 Å². The molecular weight excluding hydrogens is 424 g/mol. The fourth-order valence-electron chi connectivity index (χ4n) is 3.17. The molecule has 0 aliphatic rings. The van der Waals surface area contributed by atoms with Crippen LogP contribution in [0.4, 0.5) is 11.4 Å². The molecule has 2 aromatic carbocycles. The Hall–Kier alpha value is -2.84. The highest BCUT2D eigenvalue weighted by molar-refractivity contribution is 7.92. The number of nitrogens with zero attached hydrogens (tertiary/aromatic N) is 2. The molecule has 3 rings (SSSR count). The van der Waals surface area contributed by atoms with Crippen molar-refractivity contribution < 1.29 is 13.2 Å². The molecule has 2 N–H and O–H groups in total. The molecule has 0 aliphatic carbocycles. The topological polar surface area (TPSA) is 93.1 Å². The molecule has 3 aromatic rings. The van der Waals surface area contributed by atoms with Crippen LogP contribution in [0.5, 0.6) is 0 Å². The second-order valence-corrected chi connectivity index (χ2v) is 9.18. The number of sulfonamides is 1. The molecule has 0 spiro atoms. The third-order valence-electron chi connectivity index (χ3n) is 4.83. The first-order chi connectivity index (χ1) is 14.1. The van der Waals surface area contributed by atoms with Gasteiger partial charge in [0.15, 0.2) is 0 Å². The van der Waals surface area contributed by atoms with Crippen LogP contribution in [-0.2, 0) is 28.3 Å². The predicted molar refractivity (Wildman–Crippen MR) is 118 cm³/mol. The van der Waals surface area contributed by atoms with Crippen LogP contribution in [0.25, 0.3) is 0 Å². The van der Waals surface area contributed by atoms with Gasteiger partial charge in [0.25, 0.3) is 10.0 Å². The Bertz CT molecular complexity index is 1220. The minimum absolute atomic E-state index is 0.0778. The summed E-state index contributed by atoms with van der Waals surface area (Å²) in [6.45, 7) is 5.45. The van der Waals surface area contributed by atoms with Crippen molar-refractivity contribution >= 4 is 38.9 Å². The molecule has 0 bridgehead atoms. The molecule has 158 valence electrons. The van der Waals surface area contributed by atoms with E-state index in [9.17, 15) is 13.2 Å². The molecule has 9 heteroatoms. The van der Waals surface area contributed by atoms with E-state index in [0.717, 1.165) is 17.0 Å². The average Bonchev–Trinajstić information content (AvgIpc) is 2.89. The monoisotopic (exact) mass is 446 g/mol. The van der Waals surface area contributed by atoms with Gasteiger partial charge < -0.3 is 5.32 Å². The summed E-state index contributed by atoms with van der Waals surface area (Å²) in [6.07, 6.45) is 0.155. The molecule has 1 heterocycles. The number of carbonyl (C=O) groups is 1. The van der Waals surface area contributed by atoms with Gasteiger partial charge >= 0.3 is 0 Å². The van der Waals surface area contributed by atoms with Crippen LogP contribution in [0.1, 0.15) is 22.5 Å². The number of benzene rings is 2. The van der Waals surface area contributed by atoms with E-state index in [1.54, 1.807) is 41.9 Å². The number of nitrogens with one attached hydrogen (secondary N) is 2. The Morgan fingerprint density at radius 2 is 1.83 bits per heavy atom. The zero-order valence-electron chi connectivity index (χ0n) is 17.2. The highest BCUT2D eigenvalue weighted by atomic mass is 35.5. The minimum atomic E-state index is -3.86. The zero-order valence-corrected chi connectivity index (χ0v) is 18.7. The van der Waals surface area contributed by atoms with Crippen molar-refractivity contribution in [2.24, 2.45) is 7.05 Å². The molecular formula is C21H23ClN4O3S. The van der Waals surface area contributed by atoms with E-state index in [4.69, 9.17) is 11.6 Å². The lowest BCUT2D eigenvalue weighted by atomic mass is 10.1. The van der Waals surface area contributed by atoms with Crippen LogP contribution in [0.2, 0.25) is 5.02 Å². The summed E-state index contributed by atoms with van der Waals surface area (Å²) in [7, 11) is -2.03. The first kappa shape index (κ1) is 21.9. The van der Waals surface area contributed by atoms with Crippen molar-refractivity contribution in [3.05, 3.63) is 70.0 Å². The molecule has 0 unspecified atom stereocenters. The van der Waals surface area contributed by atoms with E-state index < -0.39 is 10.0 Å². The smallest absolute Gasteiger partial charge is 0.262 e. The molecule has 0 radical (unpaired) electrons. The van der Waals surface area contributed by atoms with Crippen LogP contribution < -0.4 is 10.0 Å². The number of hydrogen-bond acceptors (Lipinski definition) is 4. The number of anilines is 2. The first-order valence-corrected chi connectivity index (χ1v) is 11.1. The van der Waals surface area contributed by atoms with Crippen molar-refractivity contribution in [1.82, 2.24) is 9.78 Å². The van der Waals surface area contributed by atoms with Crippen molar-refractivity contribution in [2.75, 3.05) is 10.0 Å². The van der Waals surface area contributed by atoms with Gasteiger partial charge in [0.05, 0.1) is 22.7 Å². The Morgan fingerprint density at radius 3 is 2.47 bits per heavy atom. The van der Waals surface area contributed by atoms with Gasteiger partial charge in [-0.2, -0.15) is 5.10 Å². The summed E-state index contributed by atoms with van der Waals surface area (Å²) >= 11 is 5.94. The number of aromatic nitrogens is 2. The summed E-state index contributed by atoms with van der Waals surface area (Å²) in [5.74, 6) is -0.246. The van der Waals surface area contributed by atoms with Crippen LogP contribution in [-0.4, -0.2) is 24.1 Å². The third-order valence-corrected chi connectivity index (χ3v) is 6.59. The quantitative estimate of drug-likeness (QED) is 0.598. The SMILES string of the molecule is Cc1ccc(NC(=O)Cc2c(C)nn(C)c2C)cc1S(=O)(=O)Nc1cccc(Cl)c1. The predicted octanol–water partition coefficient (Wildman–Crippen LogP) is 3.98. The Labute approximate surface area is 181 Å².